The Morgan fingerprint density at radius 3 is 2.71 bits per heavy atom. The van der Waals surface area contributed by atoms with Crippen LogP contribution in [0.15, 0.2) is 30.5 Å². The van der Waals surface area contributed by atoms with Crippen molar-refractivity contribution in [3.8, 4) is 0 Å². The fourth-order valence-corrected chi connectivity index (χ4v) is 1.74. The lowest BCUT2D eigenvalue weighted by Gasteiger charge is -2.08. The van der Waals surface area contributed by atoms with E-state index in [0.717, 1.165) is 11.8 Å². The number of nitrogens with zero attached hydrogens (tertiary/aromatic N) is 1. The van der Waals surface area contributed by atoms with Crippen LogP contribution >= 0.6 is 11.6 Å². The molecule has 0 fully saturated rings. The number of halogens is 3. The normalized spacial score (nSPS) is 10.6. The van der Waals surface area contributed by atoms with E-state index in [2.05, 4.69) is 5.32 Å². The minimum Gasteiger partial charge on any atom is -0.379 e. The predicted molar refractivity (Wildman–Crippen MR) is 64.1 cm³/mol. The second-order valence-corrected chi connectivity index (χ2v) is 4.13. The van der Waals surface area contributed by atoms with E-state index in [1.807, 2.05) is 29.9 Å². The molecule has 0 aliphatic rings. The maximum Gasteiger partial charge on any atom is 0.177 e. The summed E-state index contributed by atoms with van der Waals surface area (Å²) in [6.07, 6.45) is 1.91. The molecule has 0 aliphatic carbocycles. The number of hydrogen-bond donors (Lipinski definition) is 1. The first kappa shape index (κ1) is 11.9. The summed E-state index contributed by atoms with van der Waals surface area (Å²) < 4.78 is 28.0. The van der Waals surface area contributed by atoms with Crippen molar-refractivity contribution in [2.24, 2.45) is 7.05 Å². The van der Waals surface area contributed by atoms with Crippen LogP contribution in [0, 0.1) is 11.6 Å². The molecule has 0 unspecified atom stereocenters. The molecule has 2 rings (SSSR count). The van der Waals surface area contributed by atoms with E-state index in [1.165, 1.54) is 6.07 Å². The van der Waals surface area contributed by atoms with Crippen LogP contribution in [-0.4, -0.2) is 4.57 Å². The summed E-state index contributed by atoms with van der Waals surface area (Å²) in [5.41, 5.74) is 1.49. The second-order valence-electron chi connectivity index (χ2n) is 3.72. The first-order valence-corrected chi connectivity index (χ1v) is 5.44. The van der Waals surface area contributed by atoms with E-state index >= 15 is 0 Å². The van der Waals surface area contributed by atoms with Gasteiger partial charge in [0, 0.05) is 30.7 Å². The SMILES string of the molecule is Cn1cccc1CNc1cc(F)c(F)c(Cl)c1. The minimum absolute atomic E-state index is 0.223. The lowest BCUT2D eigenvalue weighted by molar-refractivity contribution is 0.509. The summed E-state index contributed by atoms with van der Waals surface area (Å²) in [5, 5.41) is 2.76. The van der Waals surface area contributed by atoms with Gasteiger partial charge in [-0.15, -0.1) is 0 Å². The first-order valence-electron chi connectivity index (χ1n) is 5.06. The van der Waals surface area contributed by atoms with Gasteiger partial charge in [-0.05, 0) is 18.2 Å². The van der Waals surface area contributed by atoms with Gasteiger partial charge in [0.25, 0.3) is 0 Å². The maximum absolute atomic E-state index is 13.1. The Bertz CT molecular complexity index is 514. The molecular formula is C12H11ClF2N2. The number of aryl methyl sites for hydroxylation is 1. The summed E-state index contributed by atoms with van der Waals surface area (Å²) in [4.78, 5) is 0. The quantitative estimate of drug-likeness (QED) is 0.831. The Morgan fingerprint density at radius 1 is 1.35 bits per heavy atom. The highest BCUT2D eigenvalue weighted by Gasteiger charge is 2.08. The lowest BCUT2D eigenvalue weighted by Crippen LogP contribution is -2.04. The van der Waals surface area contributed by atoms with Gasteiger partial charge in [0.15, 0.2) is 11.6 Å². The van der Waals surface area contributed by atoms with Crippen LogP contribution in [0.5, 0.6) is 0 Å². The highest BCUT2D eigenvalue weighted by molar-refractivity contribution is 6.31. The van der Waals surface area contributed by atoms with Crippen LogP contribution in [0.25, 0.3) is 0 Å². The summed E-state index contributed by atoms with van der Waals surface area (Å²) in [6.45, 7) is 0.519. The zero-order valence-electron chi connectivity index (χ0n) is 9.17. The average Bonchev–Trinajstić information content (AvgIpc) is 2.69. The van der Waals surface area contributed by atoms with Crippen LogP contribution in [0.2, 0.25) is 5.02 Å². The van der Waals surface area contributed by atoms with Crippen LogP contribution in [0.1, 0.15) is 5.69 Å². The van der Waals surface area contributed by atoms with E-state index in [9.17, 15) is 8.78 Å². The van der Waals surface area contributed by atoms with Gasteiger partial charge in [-0.3, -0.25) is 0 Å². The van der Waals surface area contributed by atoms with Crippen molar-refractivity contribution in [3.63, 3.8) is 0 Å². The standard InChI is InChI=1S/C12H11ClF2N2/c1-17-4-2-3-9(17)7-16-8-5-10(13)12(15)11(14)6-8/h2-6,16H,7H2,1H3. The average molecular weight is 257 g/mol. The topological polar surface area (TPSA) is 17.0 Å². The minimum atomic E-state index is -1.02. The smallest absolute Gasteiger partial charge is 0.177 e. The van der Waals surface area contributed by atoms with Gasteiger partial charge in [-0.1, -0.05) is 11.6 Å². The molecule has 0 aliphatic heterocycles. The van der Waals surface area contributed by atoms with Crippen molar-refractivity contribution in [3.05, 3.63) is 52.8 Å². The van der Waals surface area contributed by atoms with Crippen molar-refractivity contribution >= 4 is 17.3 Å². The van der Waals surface area contributed by atoms with Crippen molar-refractivity contribution in [2.75, 3.05) is 5.32 Å². The van der Waals surface area contributed by atoms with E-state index < -0.39 is 11.6 Å². The zero-order valence-corrected chi connectivity index (χ0v) is 9.93. The highest BCUT2D eigenvalue weighted by atomic mass is 35.5. The summed E-state index contributed by atoms with van der Waals surface area (Å²) in [5.74, 6) is -1.97. The fraction of sp³-hybridized carbons (Fsp3) is 0.167. The van der Waals surface area contributed by atoms with Crippen molar-refractivity contribution in [1.29, 1.82) is 0 Å². The van der Waals surface area contributed by atoms with E-state index in [0.29, 0.717) is 12.2 Å². The lowest BCUT2D eigenvalue weighted by atomic mass is 10.3. The second kappa shape index (κ2) is 4.75. The monoisotopic (exact) mass is 256 g/mol. The molecule has 1 aromatic carbocycles. The number of rotatable bonds is 3. The van der Waals surface area contributed by atoms with E-state index in [1.54, 1.807) is 0 Å². The molecule has 5 heteroatoms. The molecule has 1 N–H and O–H groups in total. The number of hydrogen-bond acceptors (Lipinski definition) is 1. The molecule has 0 bridgehead atoms. The number of benzene rings is 1. The van der Waals surface area contributed by atoms with Crippen molar-refractivity contribution in [1.82, 2.24) is 4.57 Å². The maximum atomic E-state index is 13.1. The largest absolute Gasteiger partial charge is 0.379 e. The molecule has 1 aromatic heterocycles. The van der Waals surface area contributed by atoms with Crippen LogP contribution in [0.3, 0.4) is 0 Å². The molecular weight excluding hydrogens is 246 g/mol. The molecule has 2 aromatic rings. The third-order valence-electron chi connectivity index (χ3n) is 2.51. The Morgan fingerprint density at radius 2 is 2.12 bits per heavy atom. The fourth-order valence-electron chi connectivity index (χ4n) is 1.53. The molecule has 0 amide bonds. The van der Waals surface area contributed by atoms with Gasteiger partial charge >= 0.3 is 0 Å². The van der Waals surface area contributed by atoms with E-state index in [4.69, 9.17) is 11.6 Å². The Balaban J connectivity index is 2.12. The number of aromatic nitrogens is 1. The van der Waals surface area contributed by atoms with Crippen LogP contribution in [0.4, 0.5) is 14.5 Å². The van der Waals surface area contributed by atoms with Gasteiger partial charge < -0.3 is 9.88 Å². The van der Waals surface area contributed by atoms with Crippen LogP contribution in [-0.2, 0) is 13.6 Å². The van der Waals surface area contributed by atoms with Gasteiger partial charge in [0.05, 0.1) is 11.6 Å². The van der Waals surface area contributed by atoms with Gasteiger partial charge in [-0.25, -0.2) is 8.78 Å². The predicted octanol–water partition coefficient (Wildman–Crippen LogP) is 3.57. The first-order chi connectivity index (χ1) is 8.08. The molecule has 2 nitrogen and oxygen atoms in total. The molecule has 0 spiro atoms. The van der Waals surface area contributed by atoms with Crippen molar-refractivity contribution in [2.45, 2.75) is 6.54 Å². The molecule has 17 heavy (non-hydrogen) atoms. The number of nitrogens with one attached hydrogen (secondary N) is 1. The third-order valence-corrected chi connectivity index (χ3v) is 2.78. The van der Waals surface area contributed by atoms with Gasteiger partial charge in [0.1, 0.15) is 0 Å². The zero-order chi connectivity index (χ0) is 12.4. The molecule has 1 heterocycles. The van der Waals surface area contributed by atoms with Crippen LogP contribution < -0.4 is 5.32 Å². The van der Waals surface area contributed by atoms with Gasteiger partial charge in [-0.2, -0.15) is 0 Å². The number of anilines is 1. The molecule has 90 valence electrons. The summed E-state index contributed by atoms with van der Waals surface area (Å²) in [6, 6.07) is 6.30. The highest BCUT2D eigenvalue weighted by Crippen LogP contribution is 2.23. The summed E-state index contributed by atoms with van der Waals surface area (Å²) >= 11 is 5.55. The Hall–Kier alpha value is -1.55. The molecule has 0 atom stereocenters. The molecule has 0 saturated carbocycles. The molecule has 0 saturated heterocycles. The van der Waals surface area contributed by atoms with Gasteiger partial charge in [0.2, 0.25) is 0 Å². The summed E-state index contributed by atoms with van der Waals surface area (Å²) in [7, 11) is 1.91. The Kier molecular flexibility index (Phi) is 3.33. The Labute approximate surface area is 103 Å². The van der Waals surface area contributed by atoms with Crippen molar-refractivity contribution < 1.29 is 8.78 Å². The molecule has 0 radical (unpaired) electrons. The third kappa shape index (κ3) is 2.58. The van der Waals surface area contributed by atoms with E-state index in [-0.39, 0.29) is 5.02 Å².